The van der Waals surface area contributed by atoms with Crippen LogP contribution in [0.25, 0.3) is 0 Å². The third-order valence-corrected chi connectivity index (χ3v) is 4.63. The monoisotopic (exact) mass is 256 g/mol. The molecule has 1 aromatic rings. The van der Waals surface area contributed by atoms with Crippen LogP contribution in [0.3, 0.4) is 0 Å². The van der Waals surface area contributed by atoms with E-state index in [2.05, 4.69) is 5.32 Å². The van der Waals surface area contributed by atoms with Gasteiger partial charge >= 0.3 is 0 Å². The van der Waals surface area contributed by atoms with Crippen LogP contribution < -0.4 is 10.2 Å². The minimum atomic E-state index is 0.00431. The summed E-state index contributed by atoms with van der Waals surface area (Å²) in [5.74, 6) is 0.137. The fourth-order valence-corrected chi connectivity index (χ4v) is 3.59. The Labute approximate surface area is 111 Å². The molecule has 0 radical (unpaired) electrons. The molecule has 4 nitrogen and oxygen atoms in total. The van der Waals surface area contributed by atoms with Gasteiger partial charge in [-0.1, -0.05) is 0 Å². The average molecular weight is 256 g/mol. The predicted octanol–water partition coefficient (Wildman–Crippen LogP) is 1.94. The zero-order valence-corrected chi connectivity index (χ0v) is 10.7. The van der Waals surface area contributed by atoms with Crippen LogP contribution >= 0.6 is 0 Å². The highest BCUT2D eigenvalue weighted by atomic mass is 16.2. The highest BCUT2D eigenvalue weighted by Gasteiger charge is 2.45. The summed E-state index contributed by atoms with van der Waals surface area (Å²) in [4.78, 5) is 26.2. The first-order valence-corrected chi connectivity index (χ1v) is 6.98. The zero-order valence-electron chi connectivity index (χ0n) is 10.7. The molecule has 2 atom stereocenters. The van der Waals surface area contributed by atoms with Crippen LogP contribution in [0, 0.1) is 11.8 Å². The zero-order chi connectivity index (χ0) is 13.0. The van der Waals surface area contributed by atoms with E-state index in [0.717, 1.165) is 43.6 Å². The molecule has 19 heavy (non-hydrogen) atoms. The normalized spacial score (nSPS) is 28.5. The largest absolute Gasteiger partial charge is 0.384 e. The molecule has 2 amide bonds. The SMILES string of the molecule is O=C1C2CCC(C2)C(=O)N1c1ccc2c(c1)CCN2. The fraction of sp³-hybridized carbons (Fsp3) is 0.467. The number of piperidine rings is 1. The molecule has 1 aliphatic carbocycles. The maximum absolute atomic E-state index is 12.4. The van der Waals surface area contributed by atoms with E-state index in [9.17, 15) is 9.59 Å². The Morgan fingerprint density at radius 2 is 1.84 bits per heavy atom. The smallest absolute Gasteiger partial charge is 0.236 e. The second kappa shape index (κ2) is 3.83. The summed E-state index contributed by atoms with van der Waals surface area (Å²) in [5, 5.41) is 3.29. The highest BCUT2D eigenvalue weighted by Crippen LogP contribution is 2.40. The second-order valence-corrected chi connectivity index (χ2v) is 5.74. The molecule has 2 heterocycles. The van der Waals surface area contributed by atoms with E-state index in [1.807, 2.05) is 18.2 Å². The summed E-state index contributed by atoms with van der Waals surface area (Å²) in [6.07, 6.45) is 3.48. The molecule has 2 aliphatic heterocycles. The van der Waals surface area contributed by atoms with Crippen molar-refractivity contribution in [2.24, 2.45) is 11.8 Å². The van der Waals surface area contributed by atoms with E-state index < -0.39 is 0 Å². The minimum Gasteiger partial charge on any atom is -0.384 e. The third-order valence-electron chi connectivity index (χ3n) is 4.63. The Morgan fingerprint density at radius 3 is 2.58 bits per heavy atom. The van der Waals surface area contributed by atoms with Gasteiger partial charge in [0.05, 0.1) is 5.69 Å². The van der Waals surface area contributed by atoms with Gasteiger partial charge < -0.3 is 5.32 Å². The second-order valence-electron chi connectivity index (χ2n) is 5.74. The van der Waals surface area contributed by atoms with Gasteiger partial charge in [-0.3, -0.25) is 14.5 Å². The molecule has 1 aromatic carbocycles. The lowest BCUT2D eigenvalue weighted by Gasteiger charge is -2.29. The van der Waals surface area contributed by atoms with Gasteiger partial charge in [-0.2, -0.15) is 0 Å². The van der Waals surface area contributed by atoms with Crippen LogP contribution in [0.4, 0.5) is 11.4 Å². The number of fused-ring (bicyclic) bond motifs is 3. The van der Waals surface area contributed by atoms with Crippen molar-refractivity contribution in [1.29, 1.82) is 0 Å². The van der Waals surface area contributed by atoms with Crippen LogP contribution in [0.5, 0.6) is 0 Å². The van der Waals surface area contributed by atoms with Crippen LogP contribution in [-0.4, -0.2) is 18.4 Å². The molecule has 1 N–H and O–H groups in total. The molecule has 2 unspecified atom stereocenters. The lowest BCUT2D eigenvalue weighted by atomic mass is 9.96. The number of amides is 2. The van der Waals surface area contributed by atoms with Crippen LogP contribution in [0.1, 0.15) is 24.8 Å². The Balaban J connectivity index is 1.75. The van der Waals surface area contributed by atoms with Crippen molar-refractivity contribution in [2.45, 2.75) is 25.7 Å². The molecular weight excluding hydrogens is 240 g/mol. The Hall–Kier alpha value is -1.84. The number of nitrogens with zero attached hydrogens (tertiary/aromatic N) is 1. The third kappa shape index (κ3) is 1.52. The van der Waals surface area contributed by atoms with Gasteiger partial charge in [0.25, 0.3) is 0 Å². The molecule has 0 spiro atoms. The first kappa shape index (κ1) is 11.0. The number of anilines is 2. The van der Waals surface area contributed by atoms with Crippen LogP contribution in [0.2, 0.25) is 0 Å². The Morgan fingerprint density at radius 1 is 1.11 bits per heavy atom. The number of benzene rings is 1. The maximum atomic E-state index is 12.4. The molecule has 2 bridgehead atoms. The van der Waals surface area contributed by atoms with Crippen LogP contribution in [-0.2, 0) is 16.0 Å². The molecule has 2 fully saturated rings. The van der Waals surface area contributed by atoms with E-state index in [1.165, 1.54) is 10.5 Å². The van der Waals surface area contributed by atoms with Gasteiger partial charge in [0, 0.05) is 24.1 Å². The van der Waals surface area contributed by atoms with Crippen molar-refractivity contribution in [3.8, 4) is 0 Å². The topological polar surface area (TPSA) is 49.4 Å². The summed E-state index contributed by atoms with van der Waals surface area (Å²) in [5.41, 5.74) is 3.09. The van der Waals surface area contributed by atoms with Gasteiger partial charge in [0.2, 0.25) is 11.8 Å². The van der Waals surface area contributed by atoms with Crippen molar-refractivity contribution >= 4 is 23.2 Å². The van der Waals surface area contributed by atoms with Crippen molar-refractivity contribution in [3.05, 3.63) is 23.8 Å². The fourth-order valence-electron chi connectivity index (χ4n) is 3.59. The molecule has 1 saturated heterocycles. The molecule has 98 valence electrons. The highest BCUT2D eigenvalue weighted by molar-refractivity contribution is 6.18. The number of imide groups is 1. The first-order valence-electron chi connectivity index (χ1n) is 6.98. The Bertz CT molecular complexity index is 560. The van der Waals surface area contributed by atoms with E-state index in [1.54, 1.807) is 0 Å². The predicted molar refractivity (Wildman–Crippen MR) is 72.0 cm³/mol. The van der Waals surface area contributed by atoms with Gasteiger partial charge in [-0.25, -0.2) is 0 Å². The molecule has 4 heteroatoms. The average Bonchev–Trinajstić information content (AvgIpc) is 3.04. The molecule has 1 saturated carbocycles. The lowest BCUT2D eigenvalue weighted by Crippen LogP contribution is -2.46. The standard InChI is InChI=1S/C15H16N2O2/c18-14-10-1-2-11(7-10)15(19)17(14)12-3-4-13-9(8-12)5-6-16-13/h3-4,8,10-11,16H,1-2,5-7H2. The maximum Gasteiger partial charge on any atom is 0.236 e. The number of carbonyl (C=O) groups excluding carboxylic acids is 2. The number of hydrogen-bond donors (Lipinski definition) is 1. The molecule has 3 aliphatic rings. The van der Waals surface area contributed by atoms with Crippen molar-refractivity contribution < 1.29 is 9.59 Å². The number of rotatable bonds is 1. The molecule has 0 aromatic heterocycles. The van der Waals surface area contributed by atoms with E-state index in [4.69, 9.17) is 0 Å². The summed E-state index contributed by atoms with van der Waals surface area (Å²) >= 11 is 0. The van der Waals surface area contributed by atoms with Gasteiger partial charge in [0.15, 0.2) is 0 Å². The summed E-state index contributed by atoms with van der Waals surface area (Å²) in [7, 11) is 0. The van der Waals surface area contributed by atoms with Crippen molar-refractivity contribution in [2.75, 3.05) is 16.8 Å². The summed E-state index contributed by atoms with van der Waals surface area (Å²) in [6, 6.07) is 5.86. The lowest BCUT2D eigenvalue weighted by molar-refractivity contribution is -0.132. The molecular formula is C15H16N2O2. The van der Waals surface area contributed by atoms with Gasteiger partial charge in [-0.05, 0) is 49.4 Å². The van der Waals surface area contributed by atoms with E-state index >= 15 is 0 Å². The van der Waals surface area contributed by atoms with Crippen LogP contribution in [0.15, 0.2) is 18.2 Å². The summed E-state index contributed by atoms with van der Waals surface area (Å²) < 4.78 is 0. The van der Waals surface area contributed by atoms with E-state index in [0.29, 0.717) is 0 Å². The number of carbonyl (C=O) groups is 2. The Kier molecular flexibility index (Phi) is 2.22. The van der Waals surface area contributed by atoms with Crippen molar-refractivity contribution in [1.82, 2.24) is 0 Å². The van der Waals surface area contributed by atoms with Gasteiger partial charge in [-0.15, -0.1) is 0 Å². The number of hydrogen-bond acceptors (Lipinski definition) is 3. The van der Waals surface area contributed by atoms with E-state index in [-0.39, 0.29) is 23.7 Å². The molecule has 4 rings (SSSR count). The first-order chi connectivity index (χ1) is 9.24. The van der Waals surface area contributed by atoms with Crippen molar-refractivity contribution in [3.63, 3.8) is 0 Å². The summed E-state index contributed by atoms with van der Waals surface area (Å²) in [6.45, 7) is 0.936. The quantitative estimate of drug-likeness (QED) is 0.781. The van der Waals surface area contributed by atoms with Gasteiger partial charge in [0.1, 0.15) is 0 Å². The number of nitrogens with one attached hydrogen (secondary N) is 1. The minimum absolute atomic E-state index is 0.00431.